The van der Waals surface area contributed by atoms with E-state index in [0.717, 1.165) is 0 Å². The lowest BCUT2D eigenvalue weighted by Gasteiger charge is -2.05. The highest BCUT2D eigenvalue weighted by molar-refractivity contribution is 6.36. The van der Waals surface area contributed by atoms with Crippen molar-refractivity contribution in [2.24, 2.45) is 5.10 Å². The van der Waals surface area contributed by atoms with Crippen molar-refractivity contribution in [2.75, 3.05) is 5.73 Å². The Labute approximate surface area is 132 Å². The molecule has 0 aromatic heterocycles. The number of nitrogen functional groups attached to an aromatic ring is 1. The molecule has 0 saturated carbocycles. The SMILES string of the molecule is C/C(=N\NC(=O)c1ccc(N)cc1)c1cc(Cl)ccc1Cl. The summed E-state index contributed by atoms with van der Waals surface area (Å²) in [5.74, 6) is -0.326. The van der Waals surface area contributed by atoms with Gasteiger partial charge in [0.25, 0.3) is 5.91 Å². The van der Waals surface area contributed by atoms with Crippen molar-refractivity contribution in [2.45, 2.75) is 6.92 Å². The third kappa shape index (κ3) is 3.97. The molecule has 0 aliphatic rings. The molecule has 2 aromatic carbocycles. The first-order valence-corrected chi connectivity index (χ1v) is 6.88. The van der Waals surface area contributed by atoms with Crippen LogP contribution in [0.15, 0.2) is 47.6 Å². The summed E-state index contributed by atoms with van der Waals surface area (Å²) in [6.45, 7) is 1.74. The number of halogens is 2. The lowest BCUT2D eigenvalue weighted by Crippen LogP contribution is -2.19. The summed E-state index contributed by atoms with van der Waals surface area (Å²) < 4.78 is 0. The number of nitrogens with two attached hydrogens (primary N) is 1. The number of rotatable bonds is 3. The van der Waals surface area contributed by atoms with Gasteiger partial charge in [-0.2, -0.15) is 5.10 Å². The molecule has 2 rings (SSSR count). The second kappa shape index (κ2) is 6.61. The normalized spacial score (nSPS) is 11.3. The molecule has 0 bridgehead atoms. The minimum Gasteiger partial charge on any atom is -0.399 e. The minimum atomic E-state index is -0.326. The van der Waals surface area contributed by atoms with E-state index >= 15 is 0 Å². The molecule has 3 N–H and O–H groups in total. The van der Waals surface area contributed by atoms with Gasteiger partial charge < -0.3 is 5.73 Å². The first kappa shape index (κ1) is 15.4. The molecule has 0 unspecified atom stereocenters. The number of hydrazone groups is 1. The third-order valence-electron chi connectivity index (χ3n) is 2.82. The number of hydrogen-bond donors (Lipinski definition) is 2. The lowest BCUT2D eigenvalue weighted by molar-refractivity contribution is 0.0955. The van der Waals surface area contributed by atoms with E-state index < -0.39 is 0 Å². The zero-order valence-corrected chi connectivity index (χ0v) is 12.7. The van der Waals surface area contributed by atoms with Gasteiger partial charge in [-0.1, -0.05) is 23.2 Å². The number of anilines is 1. The topological polar surface area (TPSA) is 67.5 Å². The van der Waals surface area contributed by atoms with Crippen molar-refractivity contribution >= 4 is 40.5 Å². The van der Waals surface area contributed by atoms with Crippen LogP contribution in [-0.4, -0.2) is 11.6 Å². The van der Waals surface area contributed by atoms with Gasteiger partial charge in [0.05, 0.1) is 5.71 Å². The molecule has 0 aliphatic carbocycles. The van der Waals surface area contributed by atoms with Crippen LogP contribution in [0.4, 0.5) is 5.69 Å². The van der Waals surface area contributed by atoms with E-state index in [2.05, 4.69) is 10.5 Å². The average molecular weight is 322 g/mol. The second-order valence-corrected chi connectivity index (χ2v) is 5.23. The standard InChI is InChI=1S/C15H13Cl2N3O/c1-9(13-8-11(16)4-7-14(13)17)19-20-15(21)10-2-5-12(18)6-3-10/h2-8H,18H2,1H3,(H,20,21)/b19-9+. The van der Waals surface area contributed by atoms with E-state index in [1.165, 1.54) is 0 Å². The fourth-order valence-corrected chi connectivity index (χ4v) is 2.10. The predicted molar refractivity (Wildman–Crippen MR) is 87.0 cm³/mol. The molecular weight excluding hydrogens is 309 g/mol. The molecule has 21 heavy (non-hydrogen) atoms. The summed E-state index contributed by atoms with van der Waals surface area (Å²) in [5, 5.41) is 5.10. The fourth-order valence-electron chi connectivity index (χ4n) is 1.67. The van der Waals surface area contributed by atoms with Crippen LogP contribution in [0.3, 0.4) is 0 Å². The number of carbonyl (C=O) groups is 1. The summed E-state index contributed by atoms with van der Waals surface area (Å²) in [5.41, 5.74) is 10.3. The highest BCUT2D eigenvalue weighted by atomic mass is 35.5. The molecule has 0 heterocycles. The van der Waals surface area contributed by atoms with E-state index in [4.69, 9.17) is 28.9 Å². The average Bonchev–Trinajstić information content (AvgIpc) is 2.47. The van der Waals surface area contributed by atoms with Crippen molar-refractivity contribution in [1.29, 1.82) is 0 Å². The Bertz CT molecular complexity index is 697. The lowest BCUT2D eigenvalue weighted by atomic mass is 10.1. The second-order valence-electron chi connectivity index (χ2n) is 4.38. The number of hydrogen-bond acceptors (Lipinski definition) is 3. The quantitative estimate of drug-likeness (QED) is 0.514. The molecule has 1 amide bonds. The Morgan fingerprint density at radius 3 is 2.48 bits per heavy atom. The third-order valence-corrected chi connectivity index (χ3v) is 3.38. The predicted octanol–water partition coefficient (Wildman–Crippen LogP) is 3.73. The maximum atomic E-state index is 11.9. The summed E-state index contributed by atoms with van der Waals surface area (Å²) in [6.07, 6.45) is 0. The monoisotopic (exact) mass is 321 g/mol. The molecule has 0 radical (unpaired) electrons. The van der Waals surface area contributed by atoms with Crippen molar-refractivity contribution in [3.63, 3.8) is 0 Å². The molecule has 0 atom stereocenters. The van der Waals surface area contributed by atoms with Crippen molar-refractivity contribution in [1.82, 2.24) is 5.43 Å². The van der Waals surface area contributed by atoms with Crippen molar-refractivity contribution < 1.29 is 4.79 Å². The Morgan fingerprint density at radius 1 is 1.14 bits per heavy atom. The van der Waals surface area contributed by atoms with Gasteiger partial charge >= 0.3 is 0 Å². The zero-order valence-electron chi connectivity index (χ0n) is 11.2. The Morgan fingerprint density at radius 2 is 1.81 bits per heavy atom. The van der Waals surface area contributed by atoms with Crippen LogP contribution >= 0.6 is 23.2 Å². The van der Waals surface area contributed by atoms with Gasteiger partial charge in [0.1, 0.15) is 0 Å². The van der Waals surface area contributed by atoms with Gasteiger partial charge in [0.2, 0.25) is 0 Å². The molecule has 6 heteroatoms. The molecular formula is C15H13Cl2N3O. The van der Waals surface area contributed by atoms with Crippen LogP contribution in [0, 0.1) is 0 Å². The first-order valence-electron chi connectivity index (χ1n) is 6.13. The van der Waals surface area contributed by atoms with Gasteiger partial charge in [-0.05, 0) is 49.4 Å². The van der Waals surface area contributed by atoms with Crippen molar-refractivity contribution in [3.8, 4) is 0 Å². The summed E-state index contributed by atoms with van der Waals surface area (Å²) in [7, 11) is 0. The van der Waals surface area contributed by atoms with Gasteiger partial charge in [-0.3, -0.25) is 4.79 Å². The van der Waals surface area contributed by atoms with Gasteiger partial charge in [0, 0.05) is 26.9 Å². The van der Waals surface area contributed by atoms with E-state index in [1.807, 2.05) is 0 Å². The molecule has 4 nitrogen and oxygen atoms in total. The summed E-state index contributed by atoms with van der Waals surface area (Å²) in [6, 6.07) is 11.6. The Hall–Kier alpha value is -2.04. The van der Waals surface area contributed by atoms with E-state index in [9.17, 15) is 4.79 Å². The van der Waals surface area contributed by atoms with Gasteiger partial charge in [-0.15, -0.1) is 0 Å². The highest BCUT2D eigenvalue weighted by Gasteiger charge is 2.07. The summed E-state index contributed by atoms with van der Waals surface area (Å²) in [4.78, 5) is 11.9. The van der Waals surface area contributed by atoms with E-state index in [0.29, 0.717) is 32.6 Å². The zero-order chi connectivity index (χ0) is 15.4. The largest absolute Gasteiger partial charge is 0.399 e. The number of nitrogens with zero attached hydrogens (tertiary/aromatic N) is 1. The van der Waals surface area contributed by atoms with Crippen LogP contribution in [-0.2, 0) is 0 Å². The van der Waals surface area contributed by atoms with Crippen LogP contribution in [0.5, 0.6) is 0 Å². The van der Waals surface area contributed by atoms with Crippen LogP contribution < -0.4 is 11.2 Å². The van der Waals surface area contributed by atoms with Gasteiger partial charge in [0.15, 0.2) is 0 Å². The van der Waals surface area contributed by atoms with Crippen LogP contribution in [0.2, 0.25) is 10.0 Å². The number of carbonyl (C=O) groups excluding carboxylic acids is 1. The van der Waals surface area contributed by atoms with Crippen LogP contribution in [0.25, 0.3) is 0 Å². The molecule has 0 spiro atoms. The van der Waals surface area contributed by atoms with E-state index in [1.54, 1.807) is 49.4 Å². The van der Waals surface area contributed by atoms with Gasteiger partial charge in [-0.25, -0.2) is 5.43 Å². The molecule has 0 fully saturated rings. The fraction of sp³-hybridized carbons (Fsp3) is 0.0667. The minimum absolute atomic E-state index is 0.326. The Kier molecular flexibility index (Phi) is 4.83. The number of nitrogens with one attached hydrogen (secondary N) is 1. The number of amides is 1. The Balaban J connectivity index is 2.14. The molecule has 2 aromatic rings. The van der Waals surface area contributed by atoms with Crippen LogP contribution in [0.1, 0.15) is 22.8 Å². The maximum absolute atomic E-state index is 11.9. The van der Waals surface area contributed by atoms with E-state index in [-0.39, 0.29) is 5.91 Å². The molecule has 0 saturated heterocycles. The number of benzene rings is 2. The molecule has 0 aliphatic heterocycles. The maximum Gasteiger partial charge on any atom is 0.271 e. The summed E-state index contributed by atoms with van der Waals surface area (Å²) >= 11 is 12.0. The molecule has 108 valence electrons. The smallest absolute Gasteiger partial charge is 0.271 e. The first-order chi connectivity index (χ1) is 9.97. The van der Waals surface area contributed by atoms with Crippen molar-refractivity contribution in [3.05, 3.63) is 63.6 Å². The highest BCUT2D eigenvalue weighted by Crippen LogP contribution is 2.21.